The molecule has 0 aliphatic carbocycles. The van der Waals surface area contributed by atoms with E-state index in [1.807, 2.05) is 68.5 Å². The van der Waals surface area contributed by atoms with E-state index in [0.717, 1.165) is 32.3 Å². The monoisotopic (exact) mass is 464 g/mol. The minimum Gasteiger partial charge on any atom is -0.334 e. The molecule has 0 unspecified atom stereocenters. The minimum atomic E-state index is 0.577. The molecule has 0 aliphatic rings. The van der Waals surface area contributed by atoms with E-state index in [9.17, 15) is 5.26 Å². The lowest BCUT2D eigenvalue weighted by Crippen LogP contribution is -2.04. The number of nitrogens with zero attached hydrogens (tertiary/aromatic N) is 2. The molecule has 0 bridgehead atoms. The summed E-state index contributed by atoms with van der Waals surface area (Å²) < 4.78 is 2.18. The summed E-state index contributed by atoms with van der Waals surface area (Å²) in [6.07, 6.45) is 7.82. The number of benzene rings is 2. The second-order valence-electron chi connectivity index (χ2n) is 6.89. The number of hydrogen-bond acceptors (Lipinski definition) is 2. The highest BCUT2D eigenvalue weighted by molar-refractivity contribution is 7.99. The number of hydrogen-bond donors (Lipinski definition) is 0. The lowest BCUT2D eigenvalue weighted by Gasteiger charge is -2.14. The predicted molar refractivity (Wildman–Crippen MR) is 133 cm³/mol. The standard InChI is InChI=1S/C26H22Cl2N2S/c1-4-9-19(10-5-2)17-30-18(3)24(16-29)25(20-11-7-6-8-12-20)26(30)31-23-14-21(27)13-22(28)15-23/h4-15H,1,17H2,2-3H3/b10-5-,19-9+. The molecular formula is C26H22Cl2N2S. The van der Waals surface area contributed by atoms with Crippen LogP contribution in [0.3, 0.4) is 0 Å². The van der Waals surface area contributed by atoms with Gasteiger partial charge in [-0.05, 0) is 43.2 Å². The third-order valence-corrected chi connectivity index (χ3v) is 6.28. The normalized spacial score (nSPS) is 11.6. The van der Waals surface area contributed by atoms with E-state index < -0.39 is 0 Å². The van der Waals surface area contributed by atoms with Crippen LogP contribution >= 0.6 is 35.0 Å². The maximum absolute atomic E-state index is 10.0. The summed E-state index contributed by atoms with van der Waals surface area (Å²) >= 11 is 14.1. The topological polar surface area (TPSA) is 28.7 Å². The Labute approximate surface area is 198 Å². The molecule has 156 valence electrons. The van der Waals surface area contributed by atoms with E-state index in [-0.39, 0.29) is 0 Å². The Morgan fingerprint density at radius 3 is 2.42 bits per heavy atom. The van der Waals surface area contributed by atoms with E-state index in [2.05, 4.69) is 23.3 Å². The van der Waals surface area contributed by atoms with Crippen molar-refractivity contribution in [2.45, 2.75) is 30.3 Å². The largest absolute Gasteiger partial charge is 0.334 e. The molecule has 1 aromatic heterocycles. The van der Waals surface area contributed by atoms with Gasteiger partial charge < -0.3 is 4.57 Å². The molecule has 0 aliphatic heterocycles. The average Bonchev–Trinajstić information content (AvgIpc) is 2.99. The zero-order valence-electron chi connectivity index (χ0n) is 17.4. The quantitative estimate of drug-likeness (QED) is 0.327. The molecule has 0 saturated carbocycles. The Hall–Kier alpha value is -2.64. The highest BCUT2D eigenvalue weighted by atomic mass is 35.5. The van der Waals surface area contributed by atoms with Crippen LogP contribution < -0.4 is 0 Å². The van der Waals surface area contributed by atoms with E-state index >= 15 is 0 Å². The molecule has 0 saturated heterocycles. The van der Waals surface area contributed by atoms with Gasteiger partial charge in [0.25, 0.3) is 0 Å². The summed E-state index contributed by atoms with van der Waals surface area (Å²) in [6, 6.07) is 17.9. The van der Waals surface area contributed by atoms with Crippen molar-refractivity contribution in [1.82, 2.24) is 4.57 Å². The summed E-state index contributed by atoms with van der Waals surface area (Å²) in [4.78, 5) is 0.915. The maximum Gasteiger partial charge on any atom is 0.102 e. The van der Waals surface area contributed by atoms with Gasteiger partial charge in [-0.3, -0.25) is 0 Å². The Morgan fingerprint density at radius 1 is 1.16 bits per heavy atom. The van der Waals surface area contributed by atoms with Gasteiger partial charge in [0.2, 0.25) is 0 Å². The van der Waals surface area contributed by atoms with Crippen LogP contribution in [0.15, 0.2) is 94.9 Å². The predicted octanol–water partition coefficient (Wildman–Crippen LogP) is 8.48. The van der Waals surface area contributed by atoms with Crippen LogP contribution in [0.1, 0.15) is 18.2 Å². The first-order valence-corrected chi connectivity index (χ1v) is 11.3. The Balaban J connectivity index is 2.26. The molecule has 0 spiro atoms. The zero-order valence-corrected chi connectivity index (χ0v) is 19.7. The van der Waals surface area contributed by atoms with Crippen molar-refractivity contribution < 1.29 is 0 Å². The summed E-state index contributed by atoms with van der Waals surface area (Å²) in [6.45, 7) is 8.42. The summed E-state index contributed by atoms with van der Waals surface area (Å²) in [7, 11) is 0. The molecular weight excluding hydrogens is 443 g/mol. The van der Waals surface area contributed by atoms with Gasteiger partial charge in [-0.25, -0.2) is 0 Å². The van der Waals surface area contributed by atoms with Gasteiger partial charge in [0, 0.05) is 32.7 Å². The van der Waals surface area contributed by atoms with Crippen LogP contribution in [-0.4, -0.2) is 4.57 Å². The average molecular weight is 465 g/mol. The number of rotatable bonds is 7. The van der Waals surface area contributed by atoms with Crippen LogP contribution in [0.25, 0.3) is 11.1 Å². The first-order valence-electron chi connectivity index (χ1n) is 9.75. The van der Waals surface area contributed by atoms with Crippen molar-refractivity contribution >= 4 is 35.0 Å². The maximum atomic E-state index is 10.0. The first-order chi connectivity index (χ1) is 15.0. The van der Waals surface area contributed by atoms with Gasteiger partial charge in [0.15, 0.2) is 0 Å². The third-order valence-electron chi connectivity index (χ3n) is 4.75. The lowest BCUT2D eigenvalue weighted by molar-refractivity contribution is 0.709. The molecule has 5 heteroatoms. The van der Waals surface area contributed by atoms with Crippen molar-refractivity contribution in [2.24, 2.45) is 0 Å². The lowest BCUT2D eigenvalue weighted by atomic mass is 10.0. The Morgan fingerprint density at radius 2 is 1.84 bits per heavy atom. The van der Waals surface area contributed by atoms with Gasteiger partial charge in [-0.1, -0.05) is 96.2 Å². The minimum absolute atomic E-state index is 0.577. The molecule has 3 aromatic rings. The highest BCUT2D eigenvalue weighted by Crippen LogP contribution is 2.43. The molecule has 0 atom stereocenters. The van der Waals surface area contributed by atoms with Crippen molar-refractivity contribution in [3.05, 3.63) is 106 Å². The Bertz CT molecular complexity index is 1180. The van der Waals surface area contributed by atoms with Crippen molar-refractivity contribution in [3.8, 4) is 17.2 Å². The second kappa shape index (κ2) is 10.6. The van der Waals surface area contributed by atoms with Crippen LogP contribution in [0, 0.1) is 18.3 Å². The van der Waals surface area contributed by atoms with E-state index in [0.29, 0.717) is 22.2 Å². The smallest absolute Gasteiger partial charge is 0.102 e. The molecule has 3 rings (SSSR count). The summed E-state index contributed by atoms with van der Waals surface area (Å²) in [5.41, 5.74) is 4.58. The third kappa shape index (κ3) is 5.35. The van der Waals surface area contributed by atoms with E-state index in [1.54, 1.807) is 23.9 Å². The van der Waals surface area contributed by atoms with Crippen LogP contribution in [0.4, 0.5) is 0 Å². The Kier molecular flexibility index (Phi) is 7.87. The molecule has 0 amide bonds. The number of nitriles is 1. The van der Waals surface area contributed by atoms with Crippen molar-refractivity contribution in [2.75, 3.05) is 0 Å². The number of allylic oxidation sites excluding steroid dienone is 5. The molecule has 0 fully saturated rings. The van der Waals surface area contributed by atoms with Gasteiger partial charge >= 0.3 is 0 Å². The summed E-state index contributed by atoms with van der Waals surface area (Å²) in [5, 5.41) is 12.2. The van der Waals surface area contributed by atoms with Gasteiger partial charge in [0.05, 0.1) is 10.6 Å². The molecule has 2 aromatic carbocycles. The van der Waals surface area contributed by atoms with Crippen LogP contribution in [-0.2, 0) is 6.54 Å². The van der Waals surface area contributed by atoms with Crippen molar-refractivity contribution in [3.63, 3.8) is 0 Å². The molecule has 31 heavy (non-hydrogen) atoms. The summed E-state index contributed by atoms with van der Waals surface area (Å²) in [5.74, 6) is 0. The highest BCUT2D eigenvalue weighted by Gasteiger charge is 2.23. The SMILES string of the molecule is C=C/C=C(\C=C/C)Cn1c(C)c(C#N)c(-c2ccccc2)c1Sc1cc(Cl)cc(Cl)c1. The van der Waals surface area contributed by atoms with Crippen LogP contribution in [0.2, 0.25) is 10.0 Å². The van der Waals surface area contributed by atoms with E-state index in [4.69, 9.17) is 23.2 Å². The zero-order chi connectivity index (χ0) is 22.4. The number of halogens is 2. The molecule has 2 nitrogen and oxygen atoms in total. The van der Waals surface area contributed by atoms with Gasteiger partial charge in [-0.15, -0.1) is 0 Å². The fraction of sp³-hybridized carbons (Fsp3) is 0.115. The molecule has 1 heterocycles. The van der Waals surface area contributed by atoms with Gasteiger partial charge in [0.1, 0.15) is 6.07 Å². The molecule has 0 radical (unpaired) electrons. The van der Waals surface area contributed by atoms with Gasteiger partial charge in [-0.2, -0.15) is 5.26 Å². The second-order valence-corrected chi connectivity index (χ2v) is 8.82. The first kappa shape index (κ1) is 23.0. The fourth-order valence-electron chi connectivity index (χ4n) is 3.42. The molecule has 0 N–H and O–H groups in total. The van der Waals surface area contributed by atoms with E-state index in [1.165, 1.54) is 0 Å². The van der Waals surface area contributed by atoms with Crippen LogP contribution in [0.5, 0.6) is 0 Å². The number of aromatic nitrogens is 1. The van der Waals surface area contributed by atoms with Crippen molar-refractivity contribution in [1.29, 1.82) is 5.26 Å². The fourth-order valence-corrected chi connectivity index (χ4v) is 5.31.